The van der Waals surface area contributed by atoms with Crippen molar-refractivity contribution in [2.75, 3.05) is 26.2 Å². The summed E-state index contributed by atoms with van der Waals surface area (Å²) in [4.78, 5) is 41.4. The normalized spacial score (nSPS) is 20.4. The molecule has 12 heteroatoms. The highest BCUT2D eigenvalue weighted by Crippen LogP contribution is 2.32. The number of amides is 3. The number of aryl methyl sites for hydroxylation is 1. The quantitative estimate of drug-likeness (QED) is 0.325. The van der Waals surface area contributed by atoms with E-state index in [2.05, 4.69) is 20.9 Å². The van der Waals surface area contributed by atoms with Crippen LogP contribution in [0.3, 0.4) is 0 Å². The molecule has 3 heterocycles. The summed E-state index contributed by atoms with van der Waals surface area (Å²) >= 11 is 0. The predicted octanol–water partition coefficient (Wildman–Crippen LogP) is 3.84. The number of rotatable bonds is 6. The van der Waals surface area contributed by atoms with Crippen LogP contribution in [0.1, 0.15) is 48.0 Å². The molecule has 12 nitrogen and oxygen atoms in total. The number of ether oxygens (including phenoxy) is 3. The fraction of sp³-hybridized carbons (Fsp3) is 0.400. The van der Waals surface area contributed by atoms with Gasteiger partial charge in [0.2, 0.25) is 11.8 Å². The van der Waals surface area contributed by atoms with E-state index in [4.69, 9.17) is 14.2 Å². The van der Waals surface area contributed by atoms with E-state index in [9.17, 15) is 14.4 Å². The number of nitrogens with one attached hydrogen (secondary N) is 2. The van der Waals surface area contributed by atoms with Crippen molar-refractivity contribution >= 4 is 28.8 Å². The molecular formula is C35H38N6O6. The van der Waals surface area contributed by atoms with Gasteiger partial charge in [-0.1, -0.05) is 29.5 Å². The summed E-state index contributed by atoms with van der Waals surface area (Å²) in [6.07, 6.45) is 2.89. The summed E-state index contributed by atoms with van der Waals surface area (Å²) in [6, 6.07) is 20.0. The predicted molar refractivity (Wildman–Crippen MR) is 172 cm³/mol. The molecule has 0 unspecified atom stereocenters. The molecule has 3 aliphatic rings. The Bertz CT molecular complexity index is 1770. The molecule has 4 aromatic rings. The first kappa shape index (κ1) is 30.7. The van der Waals surface area contributed by atoms with Gasteiger partial charge >= 0.3 is 0 Å². The van der Waals surface area contributed by atoms with E-state index in [1.165, 1.54) is 0 Å². The largest absolute Gasteiger partial charge is 0.493 e. The van der Waals surface area contributed by atoms with E-state index in [0.29, 0.717) is 68.0 Å². The summed E-state index contributed by atoms with van der Waals surface area (Å²) in [5.74, 6) is 1.62. The summed E-state index contributed by atoms with van der Waals surface area (Å²) < 4.78 is 20.3. The van der Waals surface area contributed by atoms with Gasteiger partial charge in [0, 0.05) is 44.1 Å². The molecule has 1 aromatic heterocycles. The fourth-order valence-electron chi connectivity index (χ4n) is 5.99. The third-order valence-electron chi connectivity index (χ3n) is 8.77. The third kappa shape index (κ3) is 7.71. The lowest BCUT2D eigenvalue weighted by molar-refractivity contribution is -0.137. The van der Waals surface area contributed by atoms with Crippen molar-refractivity contribution < 1.29 is 28.6 Å². The van der Waals surface area contributed by atoms with Gasteiger partial charge < -0.3 is 29.7 Å². The van der Waals surface area contributed by atoms with Crippen LogP contribution < -0.4 is 20.1 Å². The maximum Gasteiger partial charge on any atom is 0.251 e. The minimum atomic E-state index is -0.417. The van der Waals surface area contributed by atoms with Gasteiger partial charge in [-0.3, -0.25) is 14.4 Å². The van der Waals surface area contributed by atoms with E-state index in [1.54, 1.807) is 27.8 Å². The number of carbonyl (C=O) groups excluding carboxylic acids is 3. The van der Waals surface area contributed by atoms with Crippen molar-refractivity contribution in [3.8, 4) is 17.2 Å². The monoisotopic (exact) mass is 638 g/mol. The van der Waals surface area contributed by atoms with E-state index in [1.807, 2.05) is 48.5 Å². The molecule has 1 aliphatic carbocycles. The van der Waals surface area contributed by atoms with Gasteiger partial charge in [0.05, 0.1) is 37.4 Å². The van der Waals surface area contributed by atoms with Crippen LogP contribution in [0, 0.1) is 5.92 Å². The van der Waals surface area contributed by atoms with Crippen molar-refractivity contribution in [2.24, 2.45) is 5.92 Å². The number of aromatic nitrogens is 3. The van der Waals surface area contributed by atoms with Gasteiger partial charge in [-0.2, -0.15) is 0 Å². The Morgan fingerprint density at radius 2 is 1.89 bits per heavy atom. The summed E-state index contributed by atoms with van der Waals surface area (Å²) in [7, 11) is 0. The average molecular weight is 639 g/mol. The van der Waals surface area contributed by atoms with Gasteiger partial charge in [-0.25, -0.2) is 4.68 Å². The molecule has 47 heavy (non-hydrogen) atoms. The Morgan fingerprint density at radius 3 is 2.79 bits per heavy atom. The van der Waals surface area contributed by atoms with Gasteiger partial charge in [0.25, 0.3) is 5.91 Å². The second-order valence-electron chi connectivity index (χ2n) is 12.4. The molecule has 4 bridgehead atoms. The van der Waals surface area contributed by atoms with Gasteiger partial charge in [-0.15, -0.1) is 5.10 Å². The number of nitrogens with zero attached hydrogens (tertiary/aromatic N) is 4. The highest BCUT2D eigenvalue weighted by molar-refractivity contribution is 5.95. The Balaban J connectivity index is 1.05. The van der Waals surface area contributed by atoms with Crippen LogP contribution >= 0.6 is 0 Å². The van der Waals surface area contributed by atoms with Crippen molar-refractivity contribution in [3.63, 3.8) is 0 Å². The maximum atomic E-state index is 13.3. The highest BCUT2D eigenvalue weighted by Gasteiger charge is 2.33. The number of benzene rings is 3. The molecule has 244 valence electrons. The second-order valence-corrected chi connectivity index (χ2v) is 12.4. The number of hydrogen-bond donors (Lipinski definition) is 2. The molecule has 2 N–H and O–H groups in total. The van der Waals surface area contributed by atoms with Gasteiger partial charge in [-0.05, 0) is 67.1 Å². The van der Waals surface area contributed by atoms with Crippen molar-refractivity contribution in [3.05, 3.63) is 77.9 Å². The Kier molecular flexibility index (Phi) is 9.00. The van der Waals surface area contributed by atoms with E-state index >= 15 is 0 Å². The molecular weight excluding hydrogens is 600 g/mol. The second kappa shape index (κ2) is 13.8. The molecule has 2 aliphatic heterocycles. The smallest absolute Gasteiger partial charge is 0.251 e. The zero-order chi connectivity index (χ0) is 32.2. The molecule has 3 aromatic carbocycles. The van der Waals surface area contributed by atoms with Crippen molar-refractivity contribution in [1.29, 1.82) is 0 Å². The van der Waals surface area contributed by atoms with Crippen molar-refractivity contribution in [2.45, 2.75) is 57.4 Å². The zero-order valence-corrected chi connectivity index (χ0v) is 26.1. The van der Waals surface area contributed by atoms with Crippen LogP contribution in [0.4, 0.5) is 0 Å². The number of likely N-dealkylation sites (tertiary alicyclic amines) is 1. The first-order valence-corrected chi connectivity index (χ1v) is 16.3. The lowest BCUT2D eigenvalue weighted by Gasteiger charge is -2.39. The summed E-state index contributed by atoms with van der Waals surface area (Å²) in [5.41, 5.74) is 2.95. The standard InChI is InChI=1S/C35H38N6O6/c42-33-10-13-36-35(44)25-17-27(45-21-23-8-9-23)19-28(18-25)47-26-5-3-4-24(16-26)22-46-32-11-14-40(20-30(32)37-33)34(43)12-15-41-31-7-2-1-6-29(31)38-39-41/h1-7,16-19,23,30,32H,8-15,20-22H2,(H,36,44)(H,37,42)/t30-,32+/m0/s1. The van der Waals surface area contributed by atoms with Crippen LogP contribution in [-0.2, 0) is 27.5 Å². The van der Waals surface area contributed by atoms with E-state index in [-0.39, 0.29) is 43.2 Å². The number of carbonyl (C=O) groups is 3. The summed E-state index contributed by atoms with van der Waals surface area (Å²) in [6.45, 7) is 2.27. The molecule has 1 saturated carbocycles. The first-order chi connectivity index (χ1) is 23.0. The van der Waals surface area contributed by atoms with Crippen LogP contribution in [0.15, 0.2) is 66.7 Å². The number of fused-ring (bicyclic) bond motifs is 6. The average Bonchev–Trinajstić information content (AvgIpc) is 3.83. The first-order valence-electron chi connectivity index (χ1n) is 16.3. The Labute approximate surface area is 272 Å². The lowest BCUT2D eigenvalue weighted by atomic mass is 10.0. The Morgan fingerprint density at radius 1 is 1.00 bits per heavy atom. The minimum Gasteiger partial charge on any atom is -0.493 e. The van der Waals surface area contributed by atoms with E-state index in [0.717, 1.165) is 29.4 Å². The number of hydrogen-bond acceptors (Lipinski definition) is 8. The molecule has 2 atom stereocenters. The molecule has 1 saturated heterocycles. The minimum absolute atomic E-state index is 0.0278. The van der Waals surface area contributed by atoms with Crippen LogP contribution in [-0.4, -0.2) is 76.0 Å². The number of para-hydroxylation sites is 1. The highest BCUT2D eigenvalue weighted by atomic mass is 16.5. The van der Waals surface area contributed by atoms with Crippen LogP contribution in [0.25, 0.3) is 11.0 Å². The molecule has 3 amide bonds. The van der Waals surface area contributed by atoms with E-state index < -0.39 is 6.04 Å². The summed E-state index contributed by atoms with van der Waals surface area (Å²) in [5, 5.41) is 14.3. The van der Waals surface area contributed by atoms with Gasteiger partial charge in [0.15, 0.2) is 0 Å². The van der Waals surface area contributed by atoms with Crippen LogP contribution in [0.2, 0.25) is 0 Å². The number of piperidine rings is 1. The third-order valence-corrected chi connectivity index (χ3v) is 8.77. The topological polar surface area (TPSA) is 137 Å². The molecule has 0 radical (unpaired) electrons. The fourth-order valence-corrected chi connectivity index (χ4v) is 5.99. The van der Waals surface area contributed by atoms with Crippen LogP contribution in [0.5, 0.6) is 17.2 Å². The molecule has 2 fully saturated rings. The van der Waals surface area contributed by atoms with Crippen molar-refractivity contribution in [1.82, 2.24) is 30.5 Å². The molecule has 7 rings (SSSR count). The maximum absolute atomic E-state index is 13.3. The lowest BCUT2D eigenvalue weighted by Crippen LogP contribution is -2.57. The SMILES string of the molecule is O=C1CCNC(=O)c2cc(OCC3CC3)cc(c2)Oc2cccc(c2)CO[C@@H]2CCN(C(=O)CCn3nnc4ccccc43)C[C@@H]2N1. The Hall–Kier alpha value is -4.97. The molecule has 0 spiro atoms. The van der Waals surface area contributed by atoms with Gasteiger partial charge in [0.1, 0.15) is 22.8 Å². The zero-order valence-electron chi connectivity index (χ0n) is 26.1.